The number of nitrogens with zero attached hydrogens (tertiary/aromatic N) is 5. The molecule has 2 aromatic rings. The van der Waals surface area contributed by atoms with Crippen molar-refractivity contribution in [1.29, 1.82) is 0 Å². The quantitative estimate of drug-likeness (QED) is 0.833. The van der Waals surface area contributed by atoms with Crippen LogP contribution in [0.2, 0.25) is 0 Å². The fourth-order valence-electron chi connectivity index (χ4n) is 3.43. The second-order valence-electron chi connectivity index (χ2n) is 6.61. The molecule has 4 rings (SSSR count). The summed E-state index contributed by atoms with van der Waals surface area (Å²) in [5, 5.41) is 3.22. The summed E-state index contributed by atoms with van der Waals surface area (Å²) in [7, 11) is 0. The lowest BCUT2D eigenvalue weighted by atomic mass is 10.2. The molecule has 0 N–H and O–H groups in total. The van der Waals surface area contributed by atoms with Gasteiger partial charge in [-0.05, 0) is 13.8 Å². The molecule has 2 aliphatic heterocycles. The minimum atomic E-state index is 0.0134. The number of rotatable bonds is 3. The van der Waals surface area contributed by atoms with E-state index in [9.17, 15) is 4.79 Å². The van der Waals surface area contributed by atoms with Crippen molar-refractivity contribution in [2.75, 3.05) is 32.8 Å². The van der Waals surface area contributed by atoms with Crippen LogP contribution in [0, 0.1) is 6.92 Å². The van der Waals surface area contributed by atoms with Gasteiger partial charge in [0.25, 0.3) is 5.91 Å². The Hall–Kier alpha value is -1.77. The van der Waals surface area contributed by atoms with Crippen LogP contribution in [0.15, 0.2) is 11.6 Å². The molecule has 134 valence electrons. The van der Waals surface area contributed by atoms with Gasteiger partial charge in [-0.1, -0.05) is 0 Å². The van der Waals surface area contributed by atoms with E-state index >= 15 is 0 Å². The molecule has 1 atom stereocenters. The number of thiazole rings is 1. The maximum absolute atomic E-state index is 12.7. The molecule has 0 spiro atoms. The number of hydrogen-bond donors (Lipinski definition) is 0. The molecule has 8 heteroatoms. The van der Waals surface area contributed by atoms with Crippen molar-refractivity contribution < 1.29 is 9.53 Å². The van der Waals surface area contributed by atoms with Crippen LogP contribution in [0.3, 0.4) is 0 Å². The molecule has 1 fully saturated rings. The van der Waals surface area contributed by atoms with Crippen molar-refractivity contribution in [3.8, 4) is 0 Å². The second-order valence-corrected chi connectivity index (χ2v) is 7.55. The normalized spacial score (nSPS) is 21.4. The van der Waals surface area contributed by atoms with E-state index in [1.807, 2.05) is 18.0 Å². The first-order valence-corrected chi connectivity index (χ1v) is 9.59. The van der Waals surface area contributed by atoms with Crippen molar-refractivity contribution in [2.24, 2.45) is 0 Å². The molecule has 0 radical (unpaired) electrons. The average Bonchev–Trinajstić information content (AvgIpc) is 3.24. The van der Waals surface area contributed by atoms with Gasteiger partial charge in [0, 0.05) is 43.4 Å². The van der Waals surface area contributed by atoms with E-state index in [-0.39, 0.29) is 11.9 Å². The third kappa shape index (κ3) is 3.33. The van der Waals surface area contributed by atoms with Gasteiger partial charge in [-0.25, -0.2) is 9.97 Å². The lowest BCUT2D eigenvalue weighted by Crippen LogP contribution is -2.40. The Bertz CT molecular complexity index is 765. The van der Waals surface area contributed by atoms with Gasteiger partial charge in [0.15, 0.2) is 0 Å². The summed E-state index contributed by atoms with van der Waals surface area (Å²) >= 11 is 1.70. The third-order valence-corrected chi connectivity index (χ3v) is 5.83. The first kappa shape index (κ1) is 16.7. The zero-order valence-electron chi connectivity index (χ0n) is 14.6. The SMILES string of the molecule is Cc1csc(CN2CCn3cc(C(=O)N4CCOCC4)nc3C2C)n1. The van der Waals surface area contributed by atoms with Gasteiger partial charge >= 0.3 is 0 Å². The van der Waals surface area contributed by atoms with Crippen LogP contribution in [0.25, 0.3) is 0 Å². The van der Waals surface area contributed by atoms with Gasteiger partial charge in [-0.2, -0.15) is 0 Å². The monoisotopic (exact) mass is 361 g/mol. The fraction of sp³-hybridized carbons (Fsp3) is 0.588. The van der Waals surface area contributed by atoms with Crippen molar-refractivity contribution in [3.05, 3.63) is 33.8 Å². The standard InChI is InChI=1S/C17H23N5O2S/c1-12-11-25-15(18-12)10-21-3-4-22-9-14(19-16(22)13(21)2)17(23)20-5-7-24-8-6-20/h9,11,13H,3-8,10H2,1-2H3. The van der Waals surface area contributed by atoms with Gasteiger partial charge in [0.1, 0.15) is 16.5 Å². The van der Waals surface area contributed by atoms with E-state index in [1.165, 1.54) is 0 Å². The zero-order chi connectivity index (χ0) is 17.4. The van der Waals surface area contributed by atoms with Crippen LogP contribution < -0.4 is 0 Å². The summed E-state index contributed by atoms with van der Waals surface area (Å²) in [5.41, 5.74) is 1.63. The molecule has 0 aliphatic carbocycles. The number of imidazole rings is 1. The van der Waals surface area contributed by atoms with E-state index in [0.717, 1.165) is 36.2 Å². The molecule has 0 bridgehead atoms. The molecule has 2 aliphatic rings. The Kier molecular flexibility index (Phi) is 4.58. The van der Waals surface area contributed by atoms with E-state index in [4.69, 9.17) is 4.74 Å². The van der Waals surface area contributed by atoms with E-state index in [0.29, 0.717) is 32.0 Å². The minimum Gasteiger partial charge on any atom is -0.378 e. The molecule has 2 aromatic heterocycles. The number of amides is 1. The van der Waals surface area contributed by atoms with Crippen LogP contribution in [-0.2, 0) is 17.8 Å². The average molecular weight is 361 g/mol. The van der Waals surface area contributed by atoms with Gasteiger partial charge in [0.05, 0.1) is 25.8 Å². The maximum Gasteiger partial charge on any atom is 0.274 e. The van der Waals surface area contributed by atoms with Gasteiger partial charge in [0.2, 0.25) is 0 Å². The van der Waals surface area contributed by atoms with Crippen LogP contribution in [-0.4, -0.2) is 63.1 Å². The molecule has 0 saturated carbocycles. The molecule has 7 nitrogen and oxygen atoms in total. The Labute approximate surface area is 151 Å². The maximum atomic E-state index is 12.7. The highest BCUT2D eigenvalue weighted by molar-refractivity contribution is 7.09. The molecular weight excluding hydrogens is 338 g/mol. The zero-order valence-corrected chi connectivity index (χ0v) is 15.5. The summed E-state index contributed by atoms with van der Waals surface area (Å²) in [6, 6.07) is 0.171. The highest BCUT2D eigenvalue weighted by atomic mass is 32.1. The lowest BCUT2D eigenvalue weighted by molar-refractivity contribution is 0.0299. The lowest BCUT2D eigenvalue weighted by Gasteiger charge is -2.32. The van der Waals surface area contributed by atoms with Gasteiger partial charge < -0.3 is 14.2 Å². The number of ether oxygens (including phenoxy) is 1. The Morgan fingerprint density at radius 3 is 2.80 bits per heavy atom. The van der Waals surface area contributed by atoms with Crippen LogP contribution in [0.4, 0.5) is 0 Å². The molecule has 1 amide bonds. The Morgan fingerprint density at radius 2 is 2.08 bits per heavy atom. The molecular formula is C17H23N5O2S. The number of carbonyl (C=O) groups is 1. The Balaban J connectivity index is 1.50. The number of aryl methyl sites for hydroxylation is 1. The molecule has 25 heavy (non-hydrogen) atoms. The smallest absolute Gasteiger partial charge is 0.274 e. The highest BCUT2D eigenvalue weighted by Gasteiger charge is 2.29. The topological polar surface area (TPSA) is 63.5 Å². The number of morpholine rings is 1. The first-order chi connectivity index (χ1) is 12.1. The van der Waals surface area contributed by atoms with Crippen molar-refractivity contribution in [3.63, 3.8) is 0 Å². The summed E-state index contributed by atoms with van der Waals surface area (Å²) in [6.45, 7) is 9.31. The third-order valence-electron chi connectivity index (χ3n) is 4.88. The van der Waals surface area contributed by atoms with Crippen LogP contribution in [0.5, 0.6) is 0 Å². The fourth-order valence-corrected chi connectivity index (χ4v) is 4.23. The highest BCUT2D eigenvalue weighted by Crippen LogP contribution is 2.27. The summed E-state index contributed by atoms with van der Waals surface area (Å²) in [6.07, 6.45) is 1.91. The number of hydrogen-bond acceptors (Lipinski definition) is 6. The summed E-state index contributed by atoms with van der Waals surface area (Å²) < 4.78 is 7.45. The van der Waals surface area contributed by atoms with Crippen molar-refractivity contribution in [2.45, 2.75) is 33.0 Å². The van der Waals surface area contributed by atoms with Crippen LogP contribution >= 0.6 is 11.3 Å². The first-order valence-electron chi connectivity index (χ1n) is 8.71. The predicted octanol–water partition coefficient (Wildman–Crippen LogP) is 1.70. The minimum absolute atomic E-state index is 0.0134. The van der Waals surface area contributed by atoms with E-state index in [2.05, 4.69) is 31.7 Å². The number of fused-ring (bicyclic) bond motifs is 1. The van der Waals surface area contributed by atoms with E-state index < -0.39 is 0 Å². The largest absolute Gasteiger partial charge is 0.378 e. The van der Waals surface area contributed by atoms with Crippen molar-refractivity contribution in [1.82, 2.24) is 24.3 Å². The van der Waals surface area contributed by atoms with Crippen LogP contribution in [0.1, 0.15) is 40.0 Å². The summed E-state index contributed by atoms with van der Waals surface area (Å²) in [4.78, 5) is 26.1. The molecule has 1 unspecified atom stereocenters. The number of aromatic nitrogens is 3. The van der Waals surface area contributed by atoms with Crippen molar-refractivity contribution >= 4 is 17.2 Å². The predicted molar refractivity (Wildman–Crippen MR) is 94.6 cm³/mol. The molecule has 1 saturated heterocycles. The van der Waals surface area contributed by atoms with Gasteiger partial charge in [-0.3, -0.25) is 9.69 Å². The summed E-state index contributed by atoms with van der Waals surface area (Å²) in [5.74, 6) is 0.982. The number of carbonyl (C=O) groups excluding carboxylic acids is 1. The molecule has 4 heterocycles. The van der Waals surface area contributed by atoms with Gasteiger partial charge in [-0.15, -0.1) is 11.3 Å². The second kappa shape index (κ2) is 6.86. The van der Waals surface area contributed by atoms with E-state index in [1.54, 1.807) is 11.3 Å². The molecule has 0 aromatic carbocycles. The Morgan fingerprint density at radius 1 is 1.28 bits per heavy atom.